The van der Waals surface area contributed by atoms with Gasteiger partial charge in [-0.2, -0.15) is 0 Å². The Morgan fingerprint density at radius 1 is 1.67 bits per heavy atom. The average Bonchev–Trinajstić information content (AvgIpc) is 1.85. The standard InChI is InChI=1S/C6H14ClNO/c1-3-9-6(2)8-5-4-7/h6,8H,3-5H2,1-2H3. The van der Waals surface area contributed by atoms with Gasteiger partial charge in [0.2, 0.25) is 0 Å². The van der Waals surface area contributed by atoms with E-state index in [9.17, 15) is 0 Å². The summed E-state index contributed by atoms with van der Waals surface area (Å²) in [6, 6.07) is 0. The van der Waals surface area contributed by atoms with Gasteiger partial charge in [0.1, 0.15) is 6.23 Å². The Balaban J connectivity index is 2.95. The molecule has 0 aromatic carbocycles. The molecule has 1 N–H and O–H groups in total. The van der Waals surface area contributed by atoms with E-state index in [1.54, 1.807) is 0 Å². The van der Waals surface area contributed by atoms with Gasteiger partial charge in [0, 0.05) is 19.0 Å². The molecule has 0 saturated heterocycles. The largest absolute Gasteiger partial charge is 0.364 e. The number of ether oxygens (including phenoxy) is 1. The van der Waals surface area contributed by atoms with Crippen LogP contribution in [0.3, 0.4) is 0 Å². The number of alkyl halides is 1. The third-order valence-corrected chi connectivity index (χ3v) is 1.13. The molecule has 0 saturated carbocycles. The maximum atomic E-state index is 5.43. The lowest BCUT2D eigenvalue weighted by Crippen LogP contribution is -2.30. The zero-order chi connectivity index (χ0) is 7.11. The summed E-state index contributed by atoms with van der Waals surface area (Å²) in [4.78, 5) is 0. The van der Waals surface area contributed by atoms with Crippen molar-refractivity contribution in [2.45, 2.75) is 20.1 Å². The molecule has 0 heterocycles. The Labute approximate surface area is 61.5 Å². The second kappa shape index (κ2) is 6.33. The minimum atomic E-state index is 0.133. The van der Waals surface area contributed by atoms with E-state index < -0.39 is 0 Å². The first-order valence-corrected chi connectivity index (χ1v) is 3.75. The van der Waals surface area contributed by atoms with Gasteiger partial charge in [-0.25, -0.2) is 0 Å². The minimum absolute atomic E-state index is 0.133. The third kappa shape index (κ3) is 6.09. The average molecular weight is 152 g/mol. The van der Waals surface area contributed by atoms with Gasteiger partial charge in [-0.3, -0.25) is 5.32 Å². The van der Waals surface area contributed by atoms with Crippen molar-refractivity contribution in [1.29, 1.82) is 0 Å². The van der Waals surface area contributed by atoms with Gasteiger partial charge >= 0.3 is 0 Å². The zero-order valence-electron chi connectivity index (χ0n) is 5.98. The molecule has 1 unspecified atom stereocenters. The van der Waals surface area contributed by atoms with Gasteiger partial charge in [0.25, 0.3) is 0 Å². The molecule has 0 bridgehead atoms. The molecule has 0 aliphatic heterocycles. The number of halogens is 1. The van der Waals surface area contributed by atoms with Gasteiger partial charge in [-0.1, -0.05) is 0 Å². The van der Waals surface area contributed by atoms with Crippen LogP contribution in [0.15, 0.2) is 0 Å². The fourth-order valence-electron chi connectivity index (χ4n) is 0.567. The van der Waals surface area contributed by atoms with Crippen LogP contribution in [0.25, 0.3) is 0 Å². The summed E-state index contributed by atoms with van der Waals surface area (Å²) >= 11 is 5.43. The van der Waals surface area contributed by atoms with Crippen LogP contribution < -0.4 is 5.32 Å². The predicted molar refractivity (Wildman–Crippen MR) is 39.8 cm³/mol. The summed E-state index contributed by atoms with van der Waals surface area (Å²) in [5.41, 5.74) is 0. The Morgan fingerprint density at radius 3 is 2.78 bits per heavy atom. The second-order valence-corrected chi connectivity index (χ2v) is 2.12. The van der Waals surface area contributed by atoms with Gasteiger partial charge < -0.3 is 4.74 Å². The van der Waals surface area contributed by atoms with E-state index >= 15 is 0 Å². The topological polar surface area (TPSA) is 21.3 Å². The molecule has 0 aromatic rings. The van der Waals surface area contributed by atoms with Crippen LogP contribution in [-0.2, 0) is 4.74 Å². The van der Waals surface area contributed by atoms with Gasteiger partial charge in [-0.15, -0.1) is 11.6 Å². The first kappa shape index (κ1) is 9.21. The van der Waals surface area contributed by atoms with Crippen molar-refractivity contribution < 1.29 is 4.74 Å². The van der Waals surface area contributed by atoms with E-state index in [0.717, 1.165) is 13.2 Å². The van der Waals surface area contributed by atoms with Crippen LogP contribution in [-0.4, -0.2) is 25.3 Å². The maximum absolute atomic E-state index is 5.43. The Bertz CT molecular complexity index is 61.0. The van der Waals surface area contributed by atoms with Crippen molar-refractivity contribution in [3.63, 3.8) is 0 Å². The Morgan fingerprint density at radius 2 is 2.33 bits per heavy atom. The quantitative estimate of drug-likeness (QED) is 0.471. The molecular weight excluding hydrogens is 138 g/mol. The van der Waals surface area contributed by atoms with Crippen molar-refractivity contribution in [3.05, 3.63) is 0 Å². The van der Waals surface area contributed by atoms with E-state index in [4.69, 9.17) is 16.3 Å². The monoisotopic (exact) mass is 151 g/mol. The number of rotatable bonds is 5. The lowest BCUT2D eigenvalue weighted by atomic mass is 10.6. The maximum Gasteiger partial charge on any atom is 0.105 e. The molecule has 1 atom stereocenters. The number of nitrogens with one attached hydrogen (secondary N) is 1. The fraction of sp³-hybridized carbons (Fsp3) is 1.00. The van der Waals surface area contributed by atoms with E-state index in [1.807, 2.05) is 13.8 Å². The highest BCUT2D eigenvalue weighted by Gasteiger charge is 1.95. The molecule has 0 rings (SSSR count). The summed E-state index contributed by atoms with van der Waals surface area (Å²) in [6.07, 6.45) is 0.133. The van der Waals surface area contributed by atoms with Crippen LogP contribution in [0.4, 0.5) is 0 Å². The SMILES string of the molecule is CCOC(C)NCCCl. The first-order valence-electron chi connectivity index (χ1n) is 3.22. The highest BCUT2D eigenvalue weighted by atomic mass is 35.5. The van der Waals surface area contributed by atoms with Crippen molar-refractivity contribution in [2.75, 3.05) is 19.0 Å². The normalized spacial score (nSPS) is 13.7. The summed E-state index contributed by atoms with van der Waals surface area (Å²) in [6.45, 7) is 5.49. The Hall–Kier alpha value is 0.210. The second-order valence-electron chi connectivity index (χ2n) is 1.74. The lowest BCUT2D eigenvalue weighted by Gasteiger charge is -2.11. The molecule has 0 amide bonds. The van der Waals surface area contributed by atoms with Crippen molar-refractivity contribution in [3.8, 4) is 0 Å². The highest BCUT2D eigenvalue weighted by Crippen LogP contribution is 1.83. The molecule has 0 aromatic heterocycles. The molecule has 0 fully saturated rings. The molecule has 0 aliphatic carbocycles. The number of hydrogen-bond donors (Lipinski definition) is 1. The lowest BCUT2D eigenvalue weighted by molar-refractivity contribution is 0.0535. The van der Waals surface area contributed by atoms with Crippen LogP contribution in [0, 0.1) is 0 Å². The van der Waals surface area contributed by atoms with Crippen LogP contribution in [0.2, 0.25) is 0 Å². The third-order valence-electron chi connectivity index (χ3n) is 0.943. The van der Waals surface area contributed by atoms with Gasteiger partial charge in [0.05, 0.1) is 0 Å². The van der Waals surface area contributed by atoms with E-state index in [0.29, 0.717) is 5.88 Å². The fourth-order valence-corrected chi connectivity index (χ4v) is 0.676. The molecular formula is C6H14ClNO. The van der Waals surface area contributed by atoms with Crippen molar-refractivity contribution >= 4 is 11.6 Å². The summed E-state index contributed by atoms with van der Waals surface area (Å²) < 4.78 is 5.17. The van der Waals surface area contributed by atoms with Crippen molar-refractivity contribution in [1.82, 2.24) is 5.32 Å². The van der Waals surface area contributed by atoms with Crippen LogP contribution in [0.1, 0.15) is 13.8 Å². The smallest absolute Gasteiger partial charge is 0.105 e. The van der Waals surface area contributed by atoms with Gasteiger partial charge in [-0.05, 0) is 13.8 Å². The number of hydrogen-bond acceptors (Lipinski definition) is 2. The molecule has 56 valence electrons. The molecule has 0 radical (unpaired) electrons. The predicted octanol–water partition coefficient (Wildman–Crippen LogP) is 1.20. The molecule has 0 aliphatic rings. The van der Waals surface area contributed by atoms with E-state index in [2.05, 4.69) is 5.32 Å². The zero-order valence-corrected chi connectivity index (χ0v) is 6.74. The van der Waals surface area contributed by atoms with Gasteiger partial charge in [0.15, 0.2) is 0 Å². The molecule has 0 spiro atoms. The molecule has 3 heteroatoms. The summed E-state index contributed by atoms with van der Waals surface area (Å²) in [7, 11) is 0. The van der Waals surface area contributed by atoms with E-state index in [-0.39, 0.29) is 6.23 Å². The van der Waals surface area contributed by atoms with E-state index in [1.165, 1.54) is 0 Å². The van der Waals surface area contributed by atoms with Crippen LogP contribution in [0.5, 0.6) is 0 Å². The van der Waals surface area contributed by atoms with Crippen LogP contribution >= 0.6 is 11.6 Å². The summed E-state index contributed by atoms with van der Waals surface area (Å²) in [5.74, 6) is 0.636. The highest BCUT2D eigenvalue weighted by molar-refractivity contribution is 6.18. The molecule has 9 heavy (non-hydrogen) atoms. The molecule has 2 nitrogen and oxygen atoms in total. The first-order chi connectivity index (χ1) is 4.31. The Kier molecular flexibility index (Phi) is 6.48. The van der Waals surface area contributed by atoms with Crippen molar-refractivity contribution in [2.24, 2.45) is 0 Å². The summed E-state index contributed by atoms with van der Waals surface area (Å²) in [5, 5.41) is 3.08. The minimum Gasteiger partial charge on any atom is -0.364 e.